The van der Waals surface area contributed by atoms with Crippen LogP contribution in [-0.4, -0.2) is 45.5 Å². The Hall–Kier alpha value is -1.50. The SMILES string of the molecule is O=CNC1C(=O)N2C(C(=O)O)=CCS[C@H]12. The summed E-state index contributed by atoms with van der Waals surface area (Å²) in [6.07, 6.45) is 1.96. The molecule has 2 aliphatic heterocycles. The number of aliphatic carboxylic acids is 1. The standard InChI is InChI=1S/C8H8N2O4S/c11-3-9-5-6(12)10-4(8(13)14)1-2-15-7(5)10/h1,3,5,7H,2H2,(H,9,11)(H,13,14)/t5?,7-/m1/s1. The normalized spacial score (nSPS) is 28.7. The minimum Gasteiger partial charge on any atom is -0.477 e. The molecule has 0 aromatic rings. The molecule has 0 aromatic heterocycles. The van der Waals surface area contributed by atoms with Gasteiger partial charge < -0.3 is 10.4 Å². The van der Waals surface area contributed by atoms with Gasteiger partial charge in [0.25, 0.3) is 5.91 Å². The number of hydrogen-bond donors (Lipinski definition) is 2. The zero-order valence-corrected chi connectivity index (χ0v) is 8.36. The number of carbonyl (C=O) groups excluding carboxylic acids is 2. The Bertz CT molecular complexity index is 368. The molecule has 2 amide bonds. The lowest BCUT2D eigenvalue weighted by molar-refractivity contribution is -0.149. The summed E-state index contributed by atoms with van der Waals surface area (Å²) in [7, 11) is 0. The van der Waals surface area contributed by atoms with E-state index in [1.165, 1.54) is 22.7 Å². The number of carboxylic acid groups (broad SMARTS) is 1. The van der Waals surface area contributed by atoms with Gasteiger partial charge in [0.1, 0.15) is 17.1 Å². The Morgan fingerprint density at radius 3 is 3.07 bits per heavy atom. The smallest absolute Gasteiger partial charge is 0.352 e. The molecule has 80 valence electrons. The summed E-state index contributed by atoms with van der Waals surface area (Å²) in [5, 5.41) is 10.9. The van der Waals surface area contributed by atoms with Crippen LogP contribution in [0, 0.1) is 0 Å². The quantitative estimate of drug-likeness (QED) is 0.477. The number of hydrogen-bond acceptors (Lipinski definition) is 4. The van der Waals surface area contributed by atoms with E-state index in [1.807, 2.05) is 0 Å². The second-order valence-corrected chi connectivity index (χ2v) is 4.24. The molecule has 1 fully saturated rings. The minimum atomic E-state index is -1.11. The van der Waals surface area contributed by atoms with Gasteiger partial charge in [-0.05, 0) is 6.08 Å². The molecular weight excluding hydrogens is 220 g/mol. The van der Waals surface area contributed by atoms with Crippen molar-refractivity contribution in [2.75, 3.05) is 5.75 Å². The Morgan fingerprint density at radius 1 is 1.73 bits per heavy atom. The van der Waals surface area contributed by atoms with Gasteiger partial charge in [-0.3, -0.25) is 14.5 Å². The topological polar surface area (TPSA) is 86.7 Å². The minimum absolute atomic E-state index is 0.00713. The third-order valence-electron chi connectivity index (χ3n) is 2.31. The maximum absolute atomic E-state index is 11.5. The van der Waals surface area contributed by atoms with Crippen molar-refractivity contribution in [2.45, 2.75) is 11.4 Å². The molecule has 2 atom stereocenters. The first-order valence-corrected chi connectivity index (χ1v) is 5.29. The van der Waals surface area contributed by atoms with E-state index >= 15 is 0 Å². The van der Waals surface area contributed by atoms with Gasteiger partial charge in [0, 0.05) is 5.75 Å². The number of thioether (sulfide) groups is 1. The van der Waals surface area contributed by atoms with Crippen molar-refractivity contribution in [3.8, 4) is 0 Å². The van der Waals surface area contributed by atoms with E-state index in [4.69, 9.17) is 5.11 Å². The van der Waals surface area contributed by atoms with Crippen LogP contribution in [0.3, 0.4) is 0 Å². The highest BCUT2D eigenvalue weighted by Gasteiger charge is 2.51. The fourth-order valence-electron chi connectivity index (χ4n) is 1.63. The molecule has 0 saturated carbocycles. The fraction of sp³-hybridized carbons (Fsp3) is 0.375. The summed E-state index contributed by atoms with van der Waals surface area (Å²) < 4.78 is 0. The summed E-state index contributed by atoms with van der Waals surface area (Å²) >= 11 is 1.43. The molecule has 1 saturated heterocycles. The Morgan fingerprint density at radius 2 is 2.47 bits per heavy atom. The molecule has 1 unspecified atom stereocenters. The molecule has 0 aliphatic carbocycles. The summed E-state index contributed by atoms with van der Waals surface area (Å²) in [5.41, 5.74) is 0.00713. The first-order chi connectivity index (χ1) is 7.16. The molecule has 2 N–H and O–H groups in total. The number of rotatable bonds is 3. The van der Waals surface area contributed by atoms with Crippen molar-refractivity contribution in [2.24, 2.45) is 0 Å². The Kier molecular flexibility index (Phi) is 2.39. The van der Waals surface area contributed by atoms with Gasteiger partial charge in [-0.25, -0.2) is 4.79 Å². The summed E-state index contributed by atoms with van der Waals surface area (Å²) in [6.45, 7) is 0. The molecule has 0 aromatic carbocycles. The molecule has 6 nitrogen and oxygen atoms in total. The van der Waals surface area contributed by atoms with Crippen molar-refractivity contribution >= 4 is 30.0 Å². The van der Waals surface area contributed by atoms with Gasteiger partial charge in [0.2, 0.25) is 6.41 Å². The largest absolute Gasteiger partial charge is 0.477 e. The zero-order valence-electron chi connectivity index (χ0n) is 7.54. The van der Waals surface area contributed by atoms with Crippen LogP contribution in [0.15, 0.2) is 11.8 Å². The maximum Gasteiger partial charge on any atom is 0.352 e. The highest BCUT2D eigenvalue weighted by atomic mass is 32.2. The number of carboxylic acids is 1. The number of nitrogens with zero attached hydrogens (tertiary/aromatic N) is 1. The molecule has 2 aliphatic rings. The molecule has 0 radical (unpaired) electrons. The predicted octanol–water partition coefficient (Wildman–Crippen LogP) is -1.02. The van der Waals surface area contributed by atoms with E-state index in [1.54, 1.807) is 0 Å². The number of fused-ring (bicyclic) bond motifs is 1. The van der Waals surface area contributed by atoms with Crippen molar-refractivity contribution in [3.63, 3.8) is 0 Å². The van der Waals surface area contributed by atoms with Crippen LogP contribution < -0.4 is 5.32 Å². The van der Waals surface area contributed by atoms with Crippen molar-refractivity contribution in [1.82, 2.24) is 10.2 Å². The molecule has 2 rings (SSSR count). The lowest BCUT2D eigenvalue weighted by Gasteiger charge is -2.47. The van der Waals surface area contributed by atoms with E-state index in [0.29, 0.717) is 12.2 Å². The molecule has 0 bridgehead atoms. The van der Waals surface area contributed by atoms with E-state index in [-0.39, 0.29) is 17.0 Å². The third kappa shape index (κ3) is 1.39. The van der Waals surface area contributed by atoms with Gasteiger partial charge in [-0.1, -0.05) is 0 Å². The Balaban J connectivity index is 2.19. The third-order valence-corrected chi connectivity index (χ3v) is 3.50. The van der Waals surface area contributed by atoms with Crippen molar-refractivity contribution < 1.29 is 19.5 Å². The first kappa shape index (κ1) is 10.0. The lowest BCUT2D eigenvalue weighted by Crippen LogP contribution is -2.69. The first-order valence-electron chi connectivity index (χ1n) is 4.24. The monoisotopic (exact) mass is 228 g/mol. The van der Waals surface area contributed by atoms with E-state index < -0.39 is 12.0 Å². The maximum atomic E-state index is 11.5. The Labute approximate surface area is 89.3 Å². The van der Waals surface area contributed by atoms with E-state index in [9.17, 15) is 14.4 Å². The second-order valence-electron chi connectivity index (χ2n) is 3.09. The fourth-order valence-corrected chi connectivity index (χ4v) is 2.84. The van der Waals surface area contributed by atoms with Crippen LogP contribution >= 0.6 is 11.8 Å². The highest BCUT2D eigenvalue weighted by Crippen LogP contribution is 2.37. The average molecular weight is 228 g/mol. The predicted molar refractivity (Wildman–Crippen MR) is 51.8 cm³/mol. The summed E-state index contributed by atoms with van der Waals surface area (Å²) in [6, 6.07) is -0.587. The van der Waals surface area contributed by atoms with Crippen LogP contribution in [0.25, 0.3) is 0 Å². The van der Waals surface area contributed by atoms with E-state index in [2.05, 4.69) is 5.32 Å². The van der Waals surface area contributed by atoms with Gasteiger partial charge >= 0.3 is 5.97 Å². The van der Waals surface area contributed by atoms with Gasteiger partial charge in [-0.15, -0.1) is 11.8 Å². The second kappa shape index (κ2) is 3.58. The van der Waals surface area contributed by atoms with Crippen LogP contribution in [0.1, 0.15) is 0 Å². The summed E-state index contributed by atoms with van der Waals surface area (Å²) in [4.78, 5) is 33.7. The number of β-lactam (4-membered cyclic amide) rings is 1. The molecule has 7 heteroatoms. The number of amides is 2. The van der Waals surface area contributed by atoms with E-state index in [0.717, 1.165) is 0 Å². The number of nitrogens with one attached hydrogen (secondary N) is 1. The van der Waals surface area contributed by atoms with Crippen molar-refractivity contribution in [3.05, 3.63) is 11.8 Å². The molecule has 2 heterocycles. The van der Waals surface area contributed by atoms with Gasteiger partial charge in [0.05, 0.1) is 0 Å². The van der Waals surface area contributed by atoms with Crippen molar-refractivity contribution in [1.29, 1.82) is 0 Å². The van der Waals surface area contributed by atoms with Crippen LogP contribution in [0.5, 0.6) is 0 Å². The van der Waals surface area contributed by atoms with Gasteiger partial charge in [-0.2, -0.15) is 0 Å². The van der Waals surface area contributed by atoms with Crippen LogP contribution in [0.2, 0.25) is 0 Å². The molecular formula is C8H8N2O4S. The highest BCUT2D eigenvalue weighted by molar-refractivity contribution is 8.00. The summed E-state index contributed by atoms with van der Waals surface area (Å²) in [5.74, 6) is -0.946. The van der Waals surface area contributed by atoms with Crippen LogP contribution in [-0.2, 0) is 14.4 Å². The molecule has 15 heavy (non-hydrogen) atoms. The molecule has 0 spiro atoms. The van der Waals surface area contributed by atoms with Crippen LogP contribution in [0.4, 0.5) is 0 Å². The number of carbonyl (C=O) groups is 3. The van der Waals surface area contributed by atoms with Gasteiger partial charge in [0.15, 0.2) is 0 Å². The lowest BCUT2D eigenvalue weighted by atomic mass is 10.1. The average Bonchev–Trinajstić information content (AvgIpc) is 2.24. The zero-order chi connectivity index (χ0) is 11.0.